The van der Waals surface area contributed by atoms with E-state index in [1.165, 1.54) is 41.4 Å². The minimum Gasteiger partial charge on any atom is -0.339 e. The molecule has 1 aromatic carbocycles. The molecule has 0 radical (unpaired) electrons. The summed E-state index contributed by atoms with van der Waals surface area (Å²) in [6, 6.07) is 4.33. The first-order chi connectivity index (χ1) is 13.2. The van der Waals surface area contributed by atoms with E-state index in [9.17, 15) is 18.0 Å². The minimum absolute atomic E-state index is 0.0156. The van der Waals surface area contributed by atoms with Gasteiger partial charge in [-0.25, -0.2) is 12.7 Å². The third-order valence-corrected chi connectivity index (χ3v) is 6.22. The van der Waals surface area contributed by atoms with E-state index in [1.807, 2.05) is 6.92 Å². The van der Waals surface area contributed by atoms with Crippen molar-refractivity contribution in [3.05, 3.63) is 50.6 Å². The number of aromatic nitrogens is 4. The van der Waals surface area contributed by atoms with Crippen molar-refractivity contribution in [3.63, 3.8) is 0 Å². The molecule has 10 nitrogen and oxygen atoms in total. The molecule has 0 aliphatic carbocycles. The van der Waals surface area contributed by atoms with Gasteiger partial charge in [-0.15, -0.1) is 0 Å². The number of hydrogen-bond acceptors (Lipinski definition) is 7. The van der Waals surface area contributed by atoms with Gasteiger partial charge < -0.3 is 9.09 Å². The van der Waals surface area contributed by atoms with E-state index in [-0.39, 0.29) is 23.8 Å². The van der Waals surface area contributed by atoms with Crippen LogP contribution in [0.3, 0.4) is 0 Å². The van der Waals surface area contributed by atoms with E-state index in [0.717, 1.165) is 4.31 Å². The second-order valence-electron chi connectivity index (χ2n) is 6.34. The maximum atomic E-state index is 12.7. The van der Waals surface area contributed by atoms with E-state index in [1.54, 1.807) is 6.92 Å². The molecule has 0 N–H and O–H groups in total. The predicted octanol–water partition coefficient (Wildman–Crippen LogP) is 0.427. The Kier molecular flexibility index (Phi) is 5.22. The molecule has 0 spiro atoms. The molecule has 11 heteroatoms. The molecule has 3 aromatic rings. The molecule has 2 aromatic heterocycles. The van der Waals surface area contributed by atoms with Crippen molar-refractivity contribution in [2.24, 2.45) is 0 Å². The molecule has 2 heterocycles. The molecule has 0 atom stereocenters. The lowest BCUT2D eigenvalue weighted by Crippen LogP contribution is -2.41. The quantitative estimate of drug-likeness (QED) is 0.543. The number of sulfonamides is 1. The Balaban J connectivity index is 2.32. The summed E-state index contributed by atoms with van der Waals surface area (Å²) in [4.78, 5) is 29.4. The molecule has 0 amide bonds. The molecule has 0 saturated carbocycles. The molecular weight excluding hydrogens is 386 g/mol. The van der Waals surface area contributed by atoms with E-state index >= 15 is 0 Å². The maximum Gasteiger partial charge on any atom is 0.317 e. The molecule has 0 saturated heterocycles. The monoisotopic (exact) mass is 407 g/mol. The van der Waals surface area contributed by atoms with Crippen LogP contribution in [0.4, 0.5) is 0 Å². The fraction of sp³-hybridized carbons (Fsp3) is 0.412. The van der Waals surface area contributed by atoms with Crippen LogP contribution in [0.5, 0.6) is 0 Å². The van der Waals surface area contributed by atoms with Crippen LogP contribution in [0.15, 0.2) is 37.2 Å². The van der Waals surface area contributed by atoms with Crippen LogP contribution in [-0.2, 0) is 29.5 Å². The van der Waals surface area contributed by atoms with Crippen molar-refractivity contribution >= 4 is 21.1 Å². The maximum absolute atomic E-state index is 12.7. The SMILES string of the molecule is CCc1nc(Cn2c(=O)c(=O)n(CC)c3ccc(S(=O)(=O)N(C)C)cc32)no1. The van der Waals surface area contributed by atoms with Crippen molar-refractivity contribution in [2.45, 2.75) is 38.3 Å². The molecule has 0 unspecified atom stereocenters. The van der Waals surface area contributed by atoms with E-state index in [0.29, 0.717) is 23.3 Å². The van der Waals surface area contributed by atoms with Crippen LogP contribution < -0.4 is 11.1 Å². The smallest absolute Gasteiger partial charge is 0.317 e. The average molecular weight is 407 g/mol. The summed E-state index contributed by atoms with van der Waals surface area (Å²) < 4.78 is 33.7. The first-order valence-corrected chi connectivity index (χ1v) is 10.2. The van der Waals surface area contributed by atoms with Crippen LogP contribution in [0, 0.1) is 0 Å². The van der Waals surface area contributed by atoms with Gasteiger partial charge in [0.1, 0.15) is 0 Å². The number of nitrogens with zero attached hydrogens (tertiary/aromatic N) is 5. The number of aryl methyl sites for hydroxylation is 2. The van der Waals surface area contributed by atoms with Crippen molar-refractivity contribution < 1.29 is 12.9 Å². The van der Waals surface area contributed by atoms with Crippen LogP contribution >= 0.6 is 0 Å². The Bertz CT molecular complexity index is 1250. The molecule has 0 fully saturated rings. The van der Waals surface area contributed by atoms with Crippen LogP contribution in [0.25, 0.3) is 11.0 Å². The summed E-state index contributed by atoms with van der Waals surface area (Å²) in [5, 5.41) is 3.82. The fourth-order valence-electron chi connectivity index (χ4n) is 2.88. The van der Waals surface area contributed by atoms with Gasteiger partial charge in [0, 0.05) is 27.1 Å². The second kappa shape index (κ2) is 7.32. The number of hydrogen-bond donors (Lipinski definition) is 0. The predicted molar refractivity (Wildman–Crippen MR) is 102 cm³/mol. The Hall–Kier alpha value is -2.79. The summed E-state index contributed by atoms with van der Waals surface area (Å²) in [6.45, 7) is 3.75. The third kappa shape index (κ3) is 3.27. The Morgan fingerprint density at radius 2 is 1.75 bits per heavy atom. The lowest BCUT2D eigenvalue weighted by molar-refractivity contribution is 0.375. The highest BCUT2D eigenvalue weighted by atomic mass is 32.2. The van der Waals surface area contributed by atoms with Crippen molar-refractivity contribution in [1.29, 1.82) is 0 Å². The lowest BCUT2D eigenvalue weighted by atomic mass is 10.2. The van der Waals surface area contributed by atoms with E-state index < -0.39 is 21.1 Å². The second-order valence-corrected chi connectivity index (χ2v) is 8.49. The van der Waals surface area contributed by atoms with Gasteiger partial charge in [-0.2, -0.15) is 4.98 Å². The molecular formula is C17H21N5O5S. The highest BCUT2D eigenvalue weighted by molar-refractivity contribution is 7.89. The van der Waals surface area contributed by atoms with Crippen molar-refractivity contribution in [3.8, 4) is 0 Å². The Morgan fingerprint density at radius 3 is 2.32 bits per heavy atom. The number of fused-ring (bicyclic) bond motifs is 1. The van der Waals surface area contributed by atoms with E-state index in [4.69, 9.17) is 4.52 Å². The molecule has 150 valence electrons. The van der Waals surface area contributed by atoms with Crippen LogP contribution in [0.2, 0.25) is 0 Å². The molecule has 0 aliphatic heterocycles. The Morgan fingerprint density at radius 1 is 1.07 bits per heavy atom. The van der Waals surface area contributed by atoms with Crippen LogP contribution in [0.1, 0.15) is 25.6 Å². The van der Waals surface area contributed by atoms with Gasteiger partial charge in [-0.05, 0) is 25.1 Å². The molecule has 28 heavy (non-hydrogen) atoms. The van der Waals surface area contributed by atoms with Crippen molar-refractivity contribution in [1.82, 2.24) is 23.6 Å². The van der Waals surface area contributed by atoms with Crippen LogP contribution in [-0.4, -0.2) is 46.1 Å². The van der Waals surface area contributed by atoms with Gasteiger partial charge in [-0.1, -0.05) is 12.1 Å². The topological polar surface area (TPSA) is 120 Å². The van der Waals surface area contributed by atoms with Gasteiger partial charge in [0.25, 0.3) is 0 Å². The van der Waals surface area contributed by atoms with Gasteiger partial charge in [0.2, 0.25) is 15.9 Å². The zero-order valence-electron chi connectivity index (χ0n) is 16.0. The Labute approximate surface area is 161 Å². The highest BCUT2D eigenvalue weighted by Crippen LogP contribution is 2.20. The van der Waals surface area contributed by atoms with E-state index in [2.05, 4.69) is 10.1 Å². The fourth-order valence-corrected chi connectivity index (χ4v) is 3.80. The zero-order valence-corrected chi connectivity index (χ0v) is 16.9. The van der Waals surface area contributed by atoms with Gasteiger partial charge in [0.15, 0.2) is 5.82 Å². The molecule has 0 bridgehead atoms. The third-order valence-electron chi connectivity index (χ3n) is 4.41. The summed E-state index contributed by atoms with van der Waals surface area (Å²) in [5.74, 6) is 0.639. The number of benzene rings is 1. The average Bonchev–Trinajstić information content (AvgIpc) is 3.13. The minimum atomic E-state index is -3.72. The summed E-state index contributed by atoms with van der Waals surface area (Å²) in [5.41, 5.74) is -0.727. The molecule has 3 rings (SSSR count). The first-order valence-electron chi connectivity index (χ1n) is 8.72. The summed E-state index contributed by atoms with van der Waals surface area (Å²) in [6.07, 6.45) is 0.533. The normalized spacial score (nSPS) is 12.2. The van der Waals surface area contributed by atoms with Gasteiger partial charge in [0.05, 0.1) is 22.5 Å². The van der Waals surface area contributed by atoms with Gasteiger partial charge in [-0.3, -0.25) is 14.2 Å². The number of rotatable bonds is 6. The largest absolute Gasteiger partial charge is 0.339 e. The summed E-state index contributed by atoms with van der Waals surface area (Å²) in [7, 11) is -0.876. The van der Waals surface area contributed by atoms with Crippen molar-refractivity contribution in [2.75, 3.05) is 14.1 Å². The van der Waals surface area contributed by atoms with Gasteiger partial charge >= 0.3 is 11.1 Å². The zero-order chi connectivity index (χ0) is 20.6. The highest BCUT2D eigenvalue weighted by Gasteiger charge is 2.21. The lowest BCUT2D eigenvalue weighted by Gasteiger charge is -2.16. The molecule has 0 aliphatic rings. The summed E-state index contributed by atoms with van der Waals surface area (Å²) >= 11 is 0. The first kappa shape index (κ1) is 20.0. The standard InChI is InChI=1S/C17H21N5O5S/c1-5-15-18-14(19-27-15)10-22-13-9-11(28(25,26)20(3)4)7-8-12(13)21(6-2)16(23)17(22)24/h7-9H,5-6,10H2,1-4H3.